The molecule has 2 N–H and O–H groups in total. The Hall–Kier alpha value is -0.860. The molecule has 1 aliphatic rings. The molecule has 100 valence electrons. The Balaban J connectivity index is 2.00. The first kappa shape index (κ1) is 13.6. The van der Waals surface area contributed by atoms with Crippen LogP contribution in [0.15, 0.2) is 30.3 Å². The molecule has 1 unspecified atom stereocenters. The van der Waals surface area contributed by atoms with Gasteiger partial charge in [-0.1, -0.05) is 30.3 Å². The minimum atomic E-state index is -0.0287. The van der Waals surface area contributed by atoms with Gasteiger partial charge in [0.25, 0.3) is 0 Å². The van der Waals surface area contributed by atoms with Crippen molar-refractivity contribution in [1.29, 1.82) is 0 Å². The zero-order chi connectivity index (χ0) is 13.2. The van der Waals surface area contributed by atoms with E-state index in [1.165, 1.54) is 18.4 Å². The van der Waals surface area contributed by atoms with Crippen molar-refractivity contribution in [2.45, 2.75) is 51.7 Å². The van der Waals surface area contributed by atoms with Gasteiger partial charge in [0.15, 0.2) is 0 Å². The summed E-state index contributed by atoms with van der Waals surface area (Å²) < 4.78 is 0. The summed E-state index contributed by atoms with van der Waals surface area (Å²) in [6, 6.07) is 11.2. The number of nitrogens with two attached hydrogens (primary N) is 1. The predicted octanol–water partition coefficient (Wildman–Crippen LogP) is 3.02. The van der Waals surface area contributed by atoms with E-state index in [0.29, 0.717) is 6.04 Å². The second-order valence-electron chi connectivity index (χ2n) is 6.26. The highest BCUT2D eigenvalue weighted by Gasteiger charge is 2.39. The fourth-order valence-electron chi connectivity index (χ4n) is 2.55. The molecule has 2 heteroatoms. The van der Waals surface area contributed by atoms with Crippen LogP contribution in [0.5, 0.6) is 0 Å². The van der Waals surface area contributed by atoms with Gasteiger partial charge in [-0.05, 0) is 45.1 Å². The van der Waals surface area contributed by atoms with Gasteiger partial charge in [-0.2, -0.15) is 0 Å². The molecule has 1 atom stereocenters. The van der Waals surface area contributed by atoms with Crippen molar-refractivity contribution in [1.82, 2.24) is 4.90 Å². The van der Waals surface area contributed by atoms with Gasteiger partial charge in [-0.15, -0.1) is 0 Å². The van der Waals surface area contributed by atoms with Crippen LogP contribution in [0.2, 0.25) is 0 Å². The quantitative estimate of drug-likeness (QED) is 0.836. The number of hydrogen-bond acceptors (Lipinski definition) is 2. The van der Waals surface area contributed by atoms with Crippen LogP contribution in [0.1, 0.15) is 39.2 Å². The van der Waals surface area contributed by atoms with Crippen LogP contribution in [0.4, 0.5) is 0 Å². The van der Waals surface area contributed by atoms with Crippen molar-refractivity contribution >= 4 is 0 Å². The summed E-state index contributed by atoms with van der Waals surface area (Å²) in [5, 5.41) is 0. The molecular weight excluding hydrogens is 220 g/mol. The van der Waals surface area contributed by atoms with Gasteiger partial charge in [0.05, 0.1) is 0 Å². The van der Waals surface area contributed by atoms with Crippen LogP contribution < -0.4 is 5.73 Å². The first-order chi connectivity index (χ1) is 8.49. The van der Waals surface area contributed by atoms with Crippen molar-refractivity contribution in [3.05, 3.63) is 35.9 Å². The van der Waals surface area contributed by atoms with Crippen LogP contribution >= 0.6 is 0 Å². The topological polar surface area (TPSA) is 29.3 Å². The third-order valence-corrected chi connectivity index (χ3v) is 4.01. The van der Waals surface area contributed by atoms with E-state index in [9.17, 15) is 0 Å². The Bertz CT molecular complexity index is 366. The Labute approximate surface area is 111 Å². The van der Waals surface area contributed by atoms with Crippen molar-refractivity contribution in [3.8, 4) is 0 Å². The van der Waals surface area contributed by atoms with Gasteiger partial charge in [0, 0.05) is 24.7 Å². The SMILES string of the molecule is CC(C)N(Cc1ccccc1)CC(C)(N)C1CC1. The maximum atomic E-state index is 6.47. The number of benzene rings is 1. The Morgan fingerprint density at radius 2 is 1.89 bits per heavy atom. The van der Waals surface area contributed by atoms with Gasteiger partial charge in [-0.3, -0.25) is 4.90 Å². The van der Waals surface area contributed by atoms with E-state index in [2.05, 4.69) is 56.0 Å². The lowest BCUT2D eigenvalue weighted by Crippen LogP contribution is -2.51. The molecule has 1 fully saturated rings. The minimum absolute atomic E-state index is 0.0287. The Kier molecular flexibility index (Phi) is 4.08. The van der Waals surface area contributed by atoms with Gasteiger partial charge >= 0.3 is 0 Å². The van der Waals surface area contributed by atoms with Crippen LogP contribution in [0, 0.1) is 5.92 Å². The maximum Gasteiger partial charge on any atom is 0.0283 e. The van der Waals surface area contributed by atoms with Crippen LogP contribution in [-0.2, 0) is 6.54 Å². The molecule has 0 heterocycles. The summed E-state index contributed by atoms with van der Waals surface area (Å²) in [4.78, 5) is 2.49. The number of rotatable bonds is 6. The van der Waals surface area contributed by atoms with Crippen LogP contribution in [0.3, 0.4) is 0 Å². The van der Waals surface area contributed by atoms with Gasteiger partial charge < -0.3 is 5.73 Å². The second-order valence-corrected chi connectivity index (χ2v) is 6.26. The molecule has 1 aromatic rings. The van der Waals surface area contributed by atoms with Crippen molar-refractivity contribution in [2.24, 2.45) is 11.7 Å². The molecule has 0 bridgehead atoms. The molecule has 18 heavy (non-hydrogen) atoms. The number of hydrogen-bond donors (Lipinski definition) is 1. The maximum absolute atomic E-state index is 6.47. The molecule has 0 saturated heterocycles. The monoisotopic (exact) mass is 246 g/mol. The molecule has 2 rings (SSSR count). The van der Waals surface area contributed by atoms with Gasteiger partial charge in [0.1, 0.15) is 0 Å². The highest BCUT2D eigenvalue weighted by Crippen LogP contribution is 2.38. The van der Waals surface area contributed by atoms with E-state index in [1.807, 2.05) is 0 Å². The lowest BCUT2D eigenvalue weighted by molar-refractivity contribution is 0.157. The minimum Gasteiger partial charge on any atom is -0.324 e. The summed E-state index contributed by atoms with van der Waals surface area (Å²) >= 11 is 0. The van der Waals surface area contributed by atoms with Crippen LogP contribution in [-0.4, -0.2) is 23.0 Å². The second kappa shape index (κ2) is 5.41. The third-order valence-electron chi connectivity index (χ3n) is 4.01. The molecule has 1 saturated carbocycles. The highest BCUT2D eigenvalue weighted by atomic mass is 15.2. The fourth-order valence-corrected chi connectivity index (χ4v) is 2.55. The first-order valence-electron chi connectivity index (χ1n) is 7.06. The summed E-state index contributed by atoms with van der Waals surface area (Å²) in [5.74, 6) is 0.731. The van der Waals surface area contributed by atoms with E-state index < -0.39 is 0 Å². The molecule has 0 spiro atoms. The summed E-state index contributed by atoms with van der Waals surface area (Å²) in [5.41, 5.74) is 7.82. The predicted molar refractivity (Wildman–Crippen MR) is 77.3 cm³/mol. The molecule has 1 aliphatic carbocycles. The summed E-state index contributed by atoms with van der Waals surface area (Å²) in [6.07, 6.45) is 2.62. The zero-order valence-corrected chi connectivity index (χ0v) is 11.9. The lowest BCUT2D eigenvalue weighted by Gasteiger charge is -2.35. The van der Waals surface area contributed by atoms with E-state index >= 15 is 0 Å². The molecule has 0 aromatic heterocycles. The normalized spacial score (nSPS) is 19.2. The first-order valence-corrected chi connectivity index (χ1v) is 7.06. The standard InChI is InChI=1S/C16H26N2/c1-13(2)18(11-14-7-5-4-6-8-14)12-16(3,17)15-9-10-15/h4-8,13,15H,9-12,17H2,1-3H3. The van der Waals surface area contributed by atoms with Crippen molar-refractivity contribution < 1.29 is 0 Å². The van der Waals surface area contributed by atoms with Gasteiger partial charge in [0.2, 0.25) is 0 Å². The molecule has 0 aliphatic heterocycles. The van der Waals surface area contributed by atoms with Crippen LogP contribution in [0.25, 0.3) is 0 Å². The largest absolute Gasteiger partial charge is 0.324 e. The average molecular weight is 246 g/mol. The molecule has 0 radical (unpaired) electrons. The van der Waals surface area contributed by atoms with Crippen molar-refractivity contribution in [3.63, 3.8) is 0 Å². The molecule has 0 amide bonds. The smallest absolute Gasteiger partial charge is 0.0283 e. The number of nitrogens with zero attached hydrogens (tertiary/aromatic N) is 1. The van der Waals surface area contributed by atoms with Crippen molar-refractivity contribution in [2.75, 3.05) is 6.54 Å². The van der Waals surface area contributed by atoms with E-state index in [4.69, 9.17) is 5.73 Å². The summed E-state index contributed by atoms with van der Waals surface area (Å²) in [7, 11) is 0. The highest BCUT2D eigenvalue weighted by molar-refractivity contribution is 5.14. The zero-order valence-electron chi connectivity index (χ0n) is 11.9. The fraction of sp³-hybridized carbons (Fsp3) is 0.625. The van der Waals surface area contributed by atoms with E-state index in [-0.39, 0.29) is 5.54 Å². The van der Waals surface area contributed by atoms with E-state index in [0.717, 1.165) is 19.0 Å². The Morgan fingerprint density at radius 1 is 1.28 bits per heavy atom. The summed E-state index contributed by atoms with van der Waals surface area (Å²) in [6.45, 7) is 8.71. The lowest BCUT2D eigenvalue weighted by atomic mass is 9.95. The molecule has 2 nitrogen and oxygen atoms in total. The average Bonchev–Trinajstić information content (AvgIpc) is 3.13. The third kappa shape index (κ3) is 3.56. The molecule has 1 aromatic carbocycles. The molecular formula is C16H26N2. The Morgan fingerprint density at radius 3 is 2.39 bits per heavy atom. The van der Waals surface area contributed by atoms with E-state index in [1.54, 1.807) is 0 Å². The van der Waals surface area contributed by atoms with Gasteiger partial charge in [-0.25, -0.2) is 0 Å².